The third-order valence-electron chi connectivity index (χ3n) is 6.34. The SMILES string of the molecule is COc1cc(C=C2CCCN3C2=NOCC[C@@H]3c2cc(F)c(F)c(F)c2)ccc1-n1cnc(C)c1. The lowest BCUT2D eigenvalue weighted by Gasteiger charge is -2.36. The molecule has 3 aromatic rings. The number of methoxy groups -OCH3 is 1. The average molecular weight is 483 g/mol. The lowest BCUT2D eigenvalue weighted by molar-refractivity contribution is 0.140. The van der Waals surface area contributed by atoms with Crippen LogP contribution in [-0.2, 0) is 4.84 Å². The first kappa shape index (κ1) is 23.0. The third-order valence-corrected chi connectivity index (χ3v) is 6.34. The van der Waals surface area contributed by atoms with E-state index >= 15 is 0 Å². The number of ether oxygens (including phenoxy) is 1. The molecule has 6 nitrogen and oxygen atoms in total. The normalized spacial score (nSPS) is 19.1. The summed E-state index contributed by atoms with van der Waals surface area (Å²) in [5.74, 6) is -2.54. The van der Waals surface area contributed by atoms with Crippen LogP contribution in [0.5, 0.6) is 5.75 Å². The van der Waals surface area contributed by atoms with Gasteiger partial charge in [-0.3, -0.25) is 0 Å². The van der Waals surface area contributed by atoms with Gasteiger partial charge in [0.15, 0.2) is 23.3 Å². The van der Waals surface area contributed by atoms with Gasteiger partial charge < -0.3 is 19.0 Å². The Hall–Kier alpha value is -3.75. The van der Waals surface area contributed by atoms with Crippen molar-refractivity contribution < 1.29 is 22.7 Å². The number of fused-ring (bicyclic) bond motifs is 1. The highest BCUT2D eigenvalue weighted by molar-refractivity contribution is 6.02. The van der Waals surface area contributed by atoms with Crippen LogP contribution in [0.25, 0.3) is 11.8 Å². The number of piperidine rings is 1. The van der Waals surface area contributed by atoms with E-state index < -0.39 is 17.5 Å². The van der Waals surface area contributed by atoms with Crippen molar-refractivity contribution in [2.75, 3.05) is 20.3 Å². The van der Waals surface area contributed by atoms with Crippen LogP contribution in [0.1, 0.15) is 42.1 Å². The molecule has 0 bridgehead atoms. The zero-order chi connectivity index (χ0) is 24.5. The maximum atomic E-state index is 14.0. The lowest BCUT2D eigenvalue weighted by Crippen LogP contribution is -2.39. The number of imidazole rings is 1. The molecule has 0 unspecified atom stereocenters. The highest BCUT2D eigenvalue weighted by Crippen LogP contribution is 2.35. The van der Waals surface area contributed by atoms with Crippen LogP contribution in [-0.4, -0.2) is 40.5 Å². The molecule has 9 heteroatoms. The smallest absolute Gasteiger partial charge is 0.194 e. The maximum Gasteiger partial charge on any atom is 0.194 e. The number of halogens is 3. The minimum atomic E-state index is -1.46. The number of benzene rings is 2. The number of aromatic nitrogens is 2. The van der Waals surface area contributed by atoms with Gasteiger partial charge in [-0.05, 0) is 66.8 Å². The van der Waals surface area contributed by atoms with Crippen molar-refractivity contribution in [1.82, 2.24) is 14.5 Å². The lowest BCUT2D eigenvalue weighted by atomic mass is 9.95. The zero-order valence-corrected chi connectivity index (χ0v) is 19.5. The molecular formula is C26H25F3N4O2. The summed E-state index contributed by atoms with van der Waals surface area (Å²) in [6.45, 7) is 2.85. The Labute approximate surface area is 201 Å². The fourth-order valence-corrected chi connectivity index (χ4v) is 4.69. The Kier molecular flexibility index (Phi) is 6.23. The first-order valence-electron chi connectivity index (χ1n) is 11.5. The number of amidine groups is 1. The largest absolute Gasteiger partial charge is 0.495 e. The molecule has 0 amide bonds. The first-order valence-corrected chi connectivity index (χ1v) is 11.5. The topological polar surface area (TPSA) is 51.9 Å². The zero-order valence-electron chi connectivity index (χ0n) is 19.5. The molecule has 2 aromatic carbocycles. The molecule has 0 aliphatic carbocycles. The van der Waals surface area contributed by atoms with Crippen molar-refractivity contribution in [3.05, 3.63) is 82.7 Å². The summed E-state index contributed by atoms with van der Waals surface area (Å²) in [7, 11) is 1.62. The van der Waals surface area contributed by atoms with Gasteiger partial charge in [0.2, 0.25) is 0 Å². The van der Waals surface area contributed by atoms with Crippen molar-refractivity contribution in [2.45, 2.75) is 32.2 Å². The van der Waals surface area contributed by atoms with Crippen LogP contribution in [0.15, 0.2) is 53.6 Å². The highest BCUT2D eigenvalue weighted by atomic mass is 19.2. The van der Waals surface area contributed by atoms with Crippen LogP contribution >= 0.6 is 0 Å². The minimum Gasteiger partial charge on any atom is -0.495 e. The van der Waals surface area contributed by atoms with Crippen LogP contribution < -0.4 is 4.74 Å². The Morgan fingerprint density at radius 2 is 1.94 bits per heavy atom. The van der Waals surface area contributed by atoms with E-state index in [2.05, 4.69) is 10.1 Å². The molecule has 2 aliphatic heterocycles. The molecule has 0 N–H and O–H groups in total. The predicted octanol–water partition coefficient (Wildman–Crippen LogP) is 5.56. The molecular weight excluding hydrogens is 457 g/mol. The Morgan fingerprint density at radius 1 is 1.14 bits per heavy atom. The van der Waals surface area contributed by atoms with Crippen LogP contribution in [0, 0.1) is 24.4 Å². The average Bonchev–Trinajstić information content (AvgIpc) is 3.16. The molecule has 0 saturated carbocycles. The number of rotatable bonds is 4. The molecule has 1 aromatic heterocycles. The van der Waals surface area contributed by atoms with Crippen LogP contribution in [0.4, 0.5) is 13.2 Å². The van der Waals surface area contributed by atoms with Crippen molar-refractivity contribution in [3.63, 3.8) is 0 Å². The second kappa shape index (κ2) is 9.48. The van der Waals surface area contributed by atoms with Crippen LogP contribution in [0.2, 0.25) is 0 Å². The monoisotopic (exact) mass is 482 g/mol. The van der Waals surface area contributed by atoms with Crippen molar-refractivity contribution in [3.8, 4) is 11.4 Å². The first-order chi connectivity index (χ1) is 16.9. The number of nitrogens with zero attached hydrogens (tertiary/aromatic N) is 4. The summed E-state index contributed by atoms with van der Waals surface area (Å²) in [5, 5.41) is 4.34. The summed E-state index contributed by atoms with van der Waals surface area (Å²) in [6, 6.07) is 7.63. The van der Waals surface area contributed by atoms with Crippen LogP contribution in [0.3, 0.4) is 0 Å². The molecule has 3 heterocycles. The van der Waals surface area contributed by atoms with Gasteiger partial charge in [0, 0.05) is 19.2 Å². The van der Waals surface area contributed by atoms with E-state index in [-0.39, 0.29) is 12.6 Å². The third kappa shape index (κ3) is 4.50. The van der Waals surface area contributed by atoms with E-state index in [1.54, 1.807) is 13.4 Å². The summed E-state index contributed by atoms with van der Waals surface area (Å²) in [4.78, 5) is 11.8. The van der Waals surface area contributed by atoms with Gasteiger partial charge in [0.25, 0.3) is 0 Å². The molecule has 182 valence electrons. The quantitative estimate of drug-likeness (QED) is 0.457. The van der Waals surface area contributed by atoms with Gasteiger partial charge in [-0.1, -0.05) is 11.2 Å². The van der Waals surface area contributed by atoms with Gasteiger partial charge >= 0.3 is 0 Å². The van der Waals surface area contributed by atoms with Gasteiger partial charge in [-0.2, -0.15) is 0 Å². The van der Waals surface area contributed by atoms with Gasteiger partial charge in [-0.15, -0.1) is 0 Å². The second-order valence-electron chi connectivity index (χ2n) is 8.67. The molecule has 1 atom stereocenters. The fraction of sp³-hybridized carbons (Fsp3) is 0.308. The van der Waals surface area contributed by atoms with E-state index in [1.807, 2.05) is 46.9 Å². The minimum absolute atomic E-state index is 0.283. The highest BCUT2D eigenvalue weighted by Gasteiger charge is 2.32. The fourth-order valence-electron chi connectivity index (χ4n) is 4.69. The summed E-state index contributed by atoms with van der Waals surface area (Å²) < 4.78 is 49.1. The maximum absolute atomic E-state index is 14.0. The molecule has 1 fully saturated rings. The Bertz CT molecular complexity index is 1290. The molecule has 5 rings (SSSR count). The van der Waals surface area contributed by atoms with Gasteiger partial charge in [0.05, 0.1) is 30.9 Å². The van der Waals surface area contributed by atoms with Crippen molar-refractivity contribution in [1.29, 1.82) is 0 Å². The Morgan fingerprint density at radius 3 is 2.66 bits per heavy atom. The van der Waals surface area contributed by atoms with E-state index in [0.29, 0.717) is 30.1 Å². The molecule has 35 heavy (non-hydrogen) atoms. The standard InChI is InChI=1S/C26H25F3N4O2/c1-16-14-32(15-30-16)23-6-5-17(11-24(23)34-2)10-18-4-3-8-33-22(7-9-35-31-26(18)33)19-12-20(27)25(29)21(28)13-19/h5-6,10-15,22H,3-4,7-9H2,1-2H3/t22-/m1/s1. The predicted molar refractivity (Wildman–Crippen MR) is 126 cm³/mol. The number of aryl methyl sites for hydroxylation is 1. The number of oxime groups is 1. The summed E-state index contributed by atoms with van der Waals surface area (Å²) in [5.41, 5.74) is 4.00. The Balaban J connectivity index is 1.48. The second-order valence-corrected chi connectivity index (χ2v) is 8.67. The number of hydrogen-bond donors (Lipinski definition) is 0. The van der Waals surface area contributed by atoms with E-state index in [4.69, 9.17) is 9.57 Å². The summed E-state index contributed by atoms with van der Waals surface area (Å²) in [6.07, 6.45) is 7.75. The van der Waals surface area contributed by atoms with Crippen molar-refractivity contribution >= 4 is 11.9 Å². The molecule has 1 saturated heterocycles. The van der Waals surface area contributed by atoms with E-state index in [9.17, 15) is 13.2 Å². The molecule has 2 aliphatic rings. The summed E-state index contributed by atoms with van der Waals surface area (Å²) >= 11 is 0. The number of hydrogen-bond acceptors (Lipinski definition) is 5. The molecule has 0 spiro atoms. The van der Waals surface area contributed by atoms with E-state index in [0.717, 1.165) is 47.5 Å². The van der Waals surface area contributed by atoms with Gasteiger partial charge in [0.1, 0.15) is 12.4 Å². The van der Waals surface area contributed by atoms with Gasteiger partial charge in [-0.25, -0.2) is 18.2 Å². The molecule has 0 radical (unpaired) electrons. The van der Waals surface area contributed by atoms with Crippen molar-refractivity contribution in [2.24, 2.45) is 5.16 Å². The van der Waals surface area contributed by atoms with E-state index in [1.165, 1.54) is 0 Å².